The van der Waals surface area contributed by atoms with Crippen LogP contribution in [0.2, 0.25) is 0 Å². The van der Waals surface area contributed by atoms with Crippen LogP contribution < -0.4 is 0 Å². The first-order valence-electron chi connectivity index (χ1n) is 6.40. The molecule has 1 N–H and O–H groups in total. The number of rotatable bonds is 7. The Hall–Kier alpha value is -0.340. The fourth-order valence-corrected chi connectivity index (χ4v) is 1.23. The van der Waals surface area contributed by atoms with Gasteiger partial charge < -0.3 is 9.84 Å². The summed E-state index contributed by atoms with van der Waals surface area (Å²) in [7, 11) is 0. The predicted molar refractivity (Wildman–Crippen MR) is 71.7 cm³/mol. The van der Waals surface area contributed by atoms with Crippen molar-refractivity contribution in [3.05, 3.63) is 11.6 Å². The monoisotopic (exact) mass is 230 g/mol. The summed E-state index contributed by atoms with van der Waals surface area (Å²) < 4.78 is 4.83. The molecule has 1 atom stereocenters. The Bertz CT molecular complexity index is 147. The Morgan fingerprint density at radius 3 is 2.06 bits per heavy atom. The molecule has 0 aromatic rings. The summed E-state index contributed by atoms with van der Waals surface area (Å²) in [5, 5.41) is 8.63. The molecule has 0 radical (unpaired) electrons. The van der Waals surface area contributed by atoms with Crippen LogP contribution in [0.15, 0.2) is 11.6 Å². The van der Waals surface area contributed by atoms with Gasteiger partial charge in [-0.3, -0.25) is 0 Å². The van der Waals surface area contributed by atoms with Crippen LogP contribution in [0.5, 0.6) is 0 Å². The molecular formula is C14H30O2. The smallest absolute Gasteiger partial charge is 0.0437 e. The van der Waals surface area contributed by atoms with Crippen molar-refractivity contribution in [3.63, 3.8) is 0 Å². The van der Waals surface area contributed by atoms with Gasteiger partial charge in [0.05, 0.1) is 0 Å². The molecule has 0 spiro atoms. The summed E-state index contributed by atoms with van der Waals surface area (Å²) in [5.41, 5.74) is 1.39. The lowest BCUT2D eigenvalue weighted by Crippen LogP contribution is -1.96. The number of hydrogen-bond donors (Lipinski definition) is 1. The third-order valence-corrected chi connectivity index (χ3v) is 2.24. The van der Waals surface area contributed by atoms with Gasteiger partial charge in [0.15, 0.2) is 0 Å². The summed E-state index contributed by atoms with van der Waals surface area (Å²) in [5.74, 6) is 0.663. The average molecular weight is 230 g/mol. The van der Waals surface area contributed by atoms with Crippen molar-refractivity contribution in [3.8, 4) is 0 Å². The molecule has 0 aromatic carbocycles. The Morgan fingerprint density at radius 2 is 1.75 bits per heavy atom. The number of aliphatic hydroxyl groups excluding tert-OH is 1. The van der Waals surface area contributed by atoms with E-state index < -0.39 is 0 Å². The molecule has 16 heavy (non-hydrogen) atoms. The van der Waals surface area contributed by atoms with Crippen LogP contribution in [0, 0.1) is 5.92 Å². The van der Waals surface area contributed by atoms with E-state index in [1.54, 1.807) is 0 Å². The van der Waals surface area contributed by atoms with Crippen molar-refractivity contribution in [1.82, 2.24) is 0 Å². The average Bonchev–Trinajstić information content (AvgIpc) is 2.19. The van der Waals surface area contributed by atoms with Gasteiger partial charge in [0.2, 0.25) is 0 Å². The van der Waals surface area contributed by atoms with E-state index in [2.05, 4.69) is 26.8 Å². The van der Waals surface area contributed by atoms with Gasteiger partial charge in [-0.2, -0.15) is 0 Å². The van der Waals surface area contributed by atoms with Crippen molar-refractivity contribution in [2.24, 2.45) is 5.92 Å². The van der Waals surface area contributed by atoms with E-state index in [1.807, 2.05) is 13.8 Å². The van der Waals surface area contributed by atoms with Gasteiger partial charge in [0.1, 0.15) is 0 Å². The molecule has 0 rings (SSSR count). The molecule has 0 aliphatic carbocycles. The first-order chi connectivity index (χ1) is 7.58. The van der Waals surface area contributed by atoms with E-state index in [0.717, 1.165) is 26.1 Å². The lowest BCUT2D eigenvalue weighted by molar-refractivity contribution is 0.162. The Kier molecular flexibility index (Phi) is 16.5. The van der Waals surface area contributed by atoms with Gasteiger partial charge in [-0.15, -0.1) is 0 Å². The first-order valence-corrected chi connectivity index (χ1v) is 6.40. The molecule has 98 valence electrons. The highest BCUT2D eigenvalue weighted by Crippen LogP contribution is 2.10. The third kappa shape index (κ3) is 19.3. The second kappa shape index (κ2) is 14.7. The Labute approximate surface area is 102 Å². The molecule has 0 aliphatic heterocycles. The molecule has 2 heteroatoms. The zero-order valence-electron chi connectivity index (χ0n) is 11.8. The summed E-state index contributed by atoms with van der Waals surface area (Å²) in [6, 6.07) is 0. The molecule has 1 unspecified atom stereocenters. The highest BCUT2D eigenvalue weighted by atomic mass is 16.5. The molecule has 0 saturated carbocycles. The van der Waals surface area contributed by atoms with E-state index in [9.17, 15) is 0 Å². The molecule has 0 saturated heterocycles. The molecular weight excluding hydrogens is 200 g/mol. The van der Waals surface area contributed by atoms with Gasteiger partial charge in [-0.25, -0.2) is 0 Å². The Balaban J connectivity index is 0. The minimum atomic E-state index is 0.329. The maximum Gasteiger partial charge on any atom is 0.0437 e. The first kappa shape index (κ1) is 18.0. The van der Waals surface area contributed by atoms with Crippen LogP contribution in [0.1, 0.15) is 53.9 Å². The maximum atomic E-state index is 8.63. The lowest BCUT2D eigenvalue weighted by atomic mass is 10.0. The molecule has 0 heterocycles. The van der Waals surface area contributed by atoms with Gasteiger partial charge in [-0.1, -0.05) is 18.6 Å². The fourth-order valence-electron chi connectivity index (χ4n) is 1.23. The number of allylic oxidation sites excluding steroid dienone is 2. The highest BCUT2D eigenvalue weighted by molar-refractivity contribution is 4.92. The van der Waals surface area contributed by atoms with Crippen molar-refractivity contribution in [2.75, 3.05) is 19.8 Å². The van der Waals surface area contributed by atoms with Crippen LogP contribution in [-0.4, -0.2) is 24.9 Å². The van der Waals surface area contributed by atoms with E-state index >= 15 is 0 Å². The largest absolute Gasteiger partial charge is 0.396 e. The van der Waals surface area contributed by atoms with Crippen molar-refractivity contribution in [2.45, 2.75) is 53.9 Å². The number of hydrogen-bond acceptors (Lipinski definition) is 2. The molecule has 0 bridgehead atoms. The van der Waals surface area contributed by atoms with Crippen LogP contribution in [0.3, 0.4) is 0 Å². The van der Waals surface area contributed by atoms with E-state index in [4.69, 9.17) is 9.84 Å². The normalized spacial score (nSPS) is 11.4. The summed E-state index contributed by atoms with van der Waals surface area (Å²) in [6.07, 6.45) is 5.56. The second-order valence-corrected chi connectivity index (χ2v) is 4.26. The molecule has 2 nitrogen and oxygen atoms in total. The second-order valence-electron chi connectivity index (χ2n) is 4.26. The van der Waals surface area contributed by atoms with Crippen molar-refractivity contribution < 1.29 is 9.84 Å². The molecule has 0 amide bonds. The summed E-state index contributed by atoms with van der Waals surface area (Å²) in [4.78, 5) is 0. The van der Waals surface area contributed by atoms with Gasteiger partial charge in [-0.05, 0) is 52.9 Å². The topological polar surface area (TPSA) is 29.5 Å². The zero-order valence-corrected chi connectivity index (χ0v) is 11.8. The van der Waals surface area contributed by atoms with Crippen molar-refractivity contribution >= 4 is 0 Å². The minimum Gasteiger partial charge on any atom is -0.396 e. The van der Waals surface area contributed by atoms with E-state index in [0.29, 0.717) is 12.5 Å². The predicted octanol–water partition coefficient (Wildman–Crippen LogP) is 3.79. The van der Waals surface area contributed by atoms with Crippen LogP contribution in [0.4, 0.5) is 0 Å². The van der Waals surface area contributed by atoms with Gasteiger partial charge in [0, 0.05) is 19.8 Å². The summed E-state index contributed by atoms with van der Waals surface area (Å²) in [6.45, 7) is 12.4. The molecule has 0 aliphatic rings. The highest BCUT2D eigenvalue weighted by Gasteiger charge is 1.98. The third-order valence-electron chi connectivity index (χ3n) is 2.24. The van der Waals surface area contributed by atoms with E-state index in [-0.39, 0.29) is 0 Å². The maximum absolute atomic E-state index is 8.63. The quantitative estimate of drug-likeness (QED) is 0.674. The number of aliphatic hydroxyl groups is 1. The van der Waals surface area contributed by atoms with Crippen LogP contribution in [-0.2, 0) is 4.74 Å². The van der Waals surface area contributed by atoms with Crippen LogP contribution >= 0.6 is 0 Å². The fraction of sp³-hybridized carbons (Fsp3) is 0.857. The van der Waals surface area contributed by atoms with Crippen LogP contribution in [0.25, 0.3) is 0 Å². The number of ether oxygens (including phenoxy) is 1. The molecule has 0 fully saturated rings. The van der Waals surface area contributed by atoms with Gasteiger partial charge in [0.25, 0.3) is 0 Å². The lowest BCUT2D eigenvalue weighted by Gasteiger charge is -2.06. The van der Waals surface area contributed by atoms with E-state index in [1.165, 1.54) is 12.0 Å². The Morgan fingerprint density at radius 1 is 1.19 bits per heavy atom. The van der Waals surface area contributed by atoms with Gasteiger partial charge >= 0.3 is 0 Å². The minimum absolute atomic E-state index is 0.329. The molecule has 0 aromatic heterocycles. The van der Waals surface area contributed by atoms with Crippen molar-refractivity contribution in [1.29, 1.82) is 0 Å². The summed E-state index contributed by atoms with van der Waals surface area (Å²) >= 11 is 0. The SMILES string of the molecule is CC(C)=CCCC(C)CCO.CCOCC. The standard InChI is InChI=1S/C10H20O.C4H10O/c1-9(2)5-4-6-10(3)7-8-11;1-3-5-4-2/h5,10-11H,4,6-8H2,1-3H3;3-4H2,1-2H3. The zero-order chi connectivity index (χ0) is 12.8.